The summed E-state index contributed by atoms with van der Waals surface area (Å²) in [5.41, 5.74) is -4.84. The summed E-state index contributed by atoms with van der Waals surface area (Å²) in [5, 5.41) is 142. The van der Waals surface area contributed by atoms with Crippen molar-refractivity contribution in [2.75, 3.05) is 34.4 Å². The molecule has 528 valence electrons. The summed E-state index contributed by atoms with van der Waals surface area (Å²) in [7, 11) is 5.18. The number of aliphatic hydroxyl groups excluding tert-OH is 11. The molecule has 0 radical (unpaired) electrons. The zero-order valence-electron chi connectivity index (χ0n) is 50.8. The van der Waals surface area contributed by atoms with Gasteiger partial charge in [0.05, 0.1) is 60.9 Å². The molecular formula is C49H111NO36. The van der Waals surface area contributed by atoms with Crippen molar-refractivity contribution in [3.63, 3.8) is 0 Å². The molecule has 4 saturated heterocycles. The van der Waals surface area contributed by atoms with Gasteiger partial charge in [-0.15, -0.1) is 0 Å². The normalized spacial score (nSPS) is 39.5. The number of aliphatic hydroxyl groups is 13. The van der Waals surface area contributed by atoms with Gasteiger partial charge in [0.25, 0.3) is 0 Å². The van der Waals surface area contributed by atoms with Gasteiger partial charge in [0.1, 0.15) is 72.4 Å². The quantitative estimate of drug-likeness (QED) is 0.0677. The van der Waals surface area contributed by atoms with E-state index in [-0.39, 0.29) is 91.6 Å². The summed E-state index contributed by atoms with van der Waals surface area (Å²) in [5.74, 6) is -6.81. The largest absolute Gasteiger partial charge is 0.479 e. The third-order valence-electron chi connectivity index (χ3n) is 15.4. The summed E-state index contributed by atoms with van der Waals surface area (Å²) < 4.78 is 47.0. The van der Waals surface area contributed by atoms with E-state index in [0.717, 1.165) is 0 Å². The number of carboxylic acid groups (broad SMARTS) is 1. The van der Waals surface area contributed by atoms with Crippen LogP contribution in [0.2, 0.25) is 0 Å². The molecule has 0 amide bonds. The van der Waals surface area contributed by atoms with Gasteiger partial charge in [-0.25, -0.2) is 4.79 Å². The number of esters is 1. The highest BCUT2D eigenvalue weighted by Gasteiger charge is 2.54. The first-order chi connectivity index (χ1) is 34.6. The Kier molecular flexibility index (Phi) is 50.4. The Balaban J connectivity index is -0.000000209. The van der Waals surface area contributed by atoms with E-state index < -0.39 is 182 Å². The molecule has 0 saturated carbocycles. The number of Topliss-reactive ketones (excluding diaryl/α,β-unsaturated/α-hetero) is 1. The van der Waals surface area contributed by atoms with Crippen molar-refractivity contribution < 1.29 is 184 Å². The number of nitrogens with zero attached hydrogens (tertiary/aromatic N) is 1. The highest BCUT2D eigenvalue weighted by Crippen LogP contribution is 2.41. The average Bonchev–Trinajstić information content (AvgIpc) is 3.35. The first-order valence-electron chi connectivity index (χ1n) is 25.5. The van der Waals surface area contributed by atoms with Crippen LogP contribution in [0.25, 0.3) is 0 Å². The molecule has 4 fully saturated rings. The van der Waals surface area contributed by atoms with E-state index in [4.69, 9.17) is 53.2 Å². The van der Waals surface area contributed by atoms with E-state index in [1.54, 1.807) is 41.5 Å². The predicted octanol–water partition coefficient (Wildman–Crippen LogP) is -13.0. The first kappa shape index (κ1) is 102. The average molecular weight is 1290 g/mol. The summed E-state index contributed by atoms with van der Waals surface area (Å²) >= 11 is 0. The maximum absolute atomic E-state index is 14.1. The summed E-state index contributed by atoms with van der Waals surface area (Å²) in [6.45, 7) is 14.6. The number of cyclic esters (lactones) is 1. The second kappa shape index (κ2) is 42.4. The number of carboxylic acids is 1. The van der Waals surface area contributed by atoms with E-state index in [1.807, 2.05) is 25.9 Å². The van der Waals surface area contributed by atoms with Gasteiger partial charge in [0.15, 0.2) is 25.0 Å². The first-order valence-corrected chi connectivity index (χ1v) is 25.5. The van der Waals surface area contributed by atoms with Crippen LogP contribution in [0.3, 0.4) is 0 Å². The lowest BCUT2D eigenvalue weighted by molar-refractivity contribution is -0.326. The third-order valence-corrected chi connectivity index (χ3v) is 15.4. The number of carbonyl (C=O) groups is 3. The molecule has 0 spiro atoms. The second-order valence-electron chi connectivity index (χ2n) is 21.8. The standard InChI is InChI=1S/C37H67NO13.C12H22O12.11H2O/c1-14-25-37(10,45)30(41)20(4)27(39)18(2)16-35(8,44)32(51-34-28(40)24(38(11)12)15-19(3)47-34)21(5)29(22(6)33(43)49-25)50-26-17-36(9,46-13)31(42)23(7)48-26;13-1-3(15)10(7(18)8(19)11(21)22)24-12-9(20)6(17)5(16)4(2-14)23-12;;;;;;;;;;;/h18-26,28-32,34,40-42,44-45H,14-17H2,1-13H3;3-10,12-20H,1-2H2,(H,21,22);11*1H2/t18-,19-,20+,21+,22-,23+,24+,25-,26+,28-,29+,30-,31+,32-,34+,35-,36-,37-;3-,4-,5+,6+,7-,8-,9-,10-,12+;;;;;;;;;;;/m11.........../s1. The third kappa shape index (κ3) is 23.9. The van der Waals surface area contributed by atoms with Gasteiger partial charge in [0.2, 0.25) is 0 Å². The molecule has 37 heteroatoms. The van der Waals surface area contributed by atoms with Crippen molar-refractivity contribution in [3.05, 3.63) is 0 Å². The van der Waals surface area contributed by atoms with Crippen LogP contribution < -0.4 is 0 Å². The lowest BCUT2D eigenvalue weighted by Crippen LogP contribution is -2.61. The fourth-order valence-corrected chi connectivity index (χ4v) is 10.6. The molecule has 0 aromatic carbocycles. The number of aliphatic carboxylic acids is 1. The van der Waals surface area contributed by atoms with Gasteiger partial charge in [-0.2, -0.15) is 0 Å². The zero-order valence-corrected chi connectivity index (χ0v) is 50.8. The summed E-state index contributed by atoms with van der Waals surface area (Å²) in [4.78, 5) is 40.5. The van der Waals surface area contributed by atoms with Crippen LogP contribution in [0, 0.1) is 23.7 Å². The number of hydrogen-bond donors (Lipinski definition) is 14. The minimum absolute atomic E-state index is 0. The van der Waals surface area contributed by atoms with Crippen molar-refractivity contribution in [3.8, 4) is 0 Å². The fourth-order valence-electron chi connectivity index (χ4n) is 10.6. The molecule has 27 atom stereocenters. The van der Waals surface area contributed by atoms with Crippen LogP contribution in [-0.2, 0) is 52.3 Å². The number of hydrogen-bond acceptors (Lipinski definition) is 25. The van der Waals surface area contributed by atoms with Crippen LogP contribution in [0.5, 0.6) is 0 Å². The Morgan fingerprint density at radius 3 is 1.69 bits per heavy atom. The van der Waals surface area contributed by atoms with Crippen molar-refractivity contribution >= 4 is 17.7 Å². The number of rotatable bonds is 15. The Morgan fingerprint density at radius 2 is 1.23 bits per heavy atom. The minimum Gasteiger partial charge on any atom is -0.479 e. The van der Waals surface area contributed by atoms with Crippen molar-refractivity contribution in [1.29, 1.82) is 0 Å². The fraction of sp³-hybridized carbons (Fsp3) is 0.939. The second-order valence-corrected chi connectivity index (χ2v) is 21.8. The molecule has 0 bridgehead atoms. The molecule has 4 heterocycles. The molecule has 4 aliphatic rings. The molecule has 37 nitrogen and oxygen atoms in total. The van der Waals surface area contributed by atoms with Gasteiger partial charge in [-0.1, -0.05) is 27.7 Å². The Labute approximate surface area is 498 Å². The number of ether oxygens (including phenoxy) is 8. The number of ketones is 1. The number of methoxy groups -OCH3 is 1. The smallest absolute Gasteiger partial charge is 0.335 e. The maximum Gasteiger partial charge on any atom is 0.335 e. The lowest BCUT2D eigenvalue weighted by atomic mass is 9.74. The van der Waals surface area contributed by atoms with Gasteiger partial charge in [-0.05, 0) is 74.9 Å². The maximum atomic E-state index is 14.1. The van der Waals surface area contributed by atoms with Gasteiger partial charge >= 0.3 is 11.9 Å². The molecule has 4 rings (SSSR count). The van der Waals surface area contributed by atoms with E-state index in [2.05, 4.69) is 0 Å². The molecule has 0 unspecified atom stereocenters. The Bertz CT molecular complexity index is 1810. The molecule has 4 aliphatic heterocycles. The van der Waals surface area contributed by atoms with Gasteiger partial charge in [-0.3, -0.25) is 9.59 Å². The highest BCUT2D eigenvalue weighted by atomic mass is 16.7. The Morgan fingerprint density at radius 1 is 0.709 bits per heavy atom. The van der Waals surface area contributed by atoms with E-state index in [1.165, 1.54) is 27.9 Å². The lowest BCUT2D eigenvalue weighted by Gasteiger charge is -2.49. The molecule has 86 heavy (non-hydrogen) atoms. The summed E-state index contributed by atoms with van der Waals surface area (Å²) in [6.07, 6.45) is -26.6. The van der Waals surface area contributed by atoms with Crippen LogP contribution >= 0.6 is 0 Å². The Hall–Kier alpha value is -2.67. The molecule has 0 aliphatic carbocycles. The monoisotopic (exact) mass is 1290 g/mol. The van der Waals surface area contributed by atoms with Crippen molar-refractivity contribution in [1.82, 2.24) is 4.90 Å². The zero-order chi connectivity index (χ0) is 57.6. The molecular weight excluding hydrogens is 1180 g/mol. The minimum atomic E-state index is -2.39. The SMILES string of the molecule is CC[C@H]1OC(=O)[C@H](C)[C@@H](O[C@H]2C[C@@](C)(OC)[C@@H](O)[C@H](C)O2)[C@H](C)[C@@H](O[C@@H]2O[C@H](C)C[C@H](N(C)C)[C@H]2O)[C@](C)(O)C[C@@H](C)C(=O)[C@H](C)[C@@H](O)[C@]1(C)O.O.O.O.O.O.O.O.O.O.O.O.O=C(O)[C@H](O)[C@@H](O)[C@H](O[C@@H]1O[C@H](CO)[C@H](O)[C@H](O)[C@H]1O)[C@H](O)CO. The number of carbonyl (C=O) groups excluding carboxylic acids is 2. The van der Waals surface area contributed by atoms with Gasteiger partial charge < -0.3 is 175 Å². The molecule has 36 N–H and O–H groups in total. The van der Waals surface area contributed by atoms with Gasteiger partial charge in [0, 0.05) is 37.3 Å². The van der Waals surface area contributed by atoms with Crippen LogP contribution in [0.4, 0.5) is 0 Å². The topological polar surface area (TPSA) is 758 Å². The molecule has 0 aromatic heterocycles. The highest BCUT2D eigenvalue weighted by molar-refractivity contribution is 5.83. The van der Waals surface area contributed by atoms with E-state index in [0.29, 0.717) is 6.42 Å². The van der Waals surface area contributed by atoms with Crippen LogP contribution in [0.1, 0.15) is 94.9 Å². The van der Waals surface area contributed by atoms with Crippen LogP contribution in [-0.4, -0.2) is 328 Å². The number of likely N-dealkylation sites (N-methyl/N-ethyl adjacent to an activating group) is 1. The van der Waals surface area contributed by atoms with E-state index >= 15 is 0 Å². The molecule has 0 aromatic rings. The van der Waals surface area contributed by atoms with Crippen molar-refractivity contribution in [2.24, 2.45) is 23.7 Å². The summed E-state index contributed by atoms with van der Waals surface area (Å²) in [6, 6.07) is -0.324. The van der Waals surface area contributed by atoms with E-state index in [9.17, 15) is 70.6 Å². The predicted molar refractivity (Wildman–Crippen MR) is 297 cm³/mol. The van der Waals surface area contributed by atoms with Crippen LogP contribution in [0.15, 0.2) is 0 Å². The van der Waals surface area contributed by atoms with Crippen molar-refractivity contribution in [2.45, 2.75) is 234 Å².